The number of carbonyl (C=O) groups is 1. The smallest absolute Gasteiger partial charge is 0.408 e. The topological polar surface area (TPSA) is 67.8 Å². The minimum atomic E-state index is -3.43. The van der Waals surface area contributed by atoms with Crippen molar-refractivity contribution in [3.05, 3.63) is 35.9 Å². The van der Waals surface area contributed by atoms with Crippen LogP contribution in [0.2, 0.25) is 0 Å². The maximum absolute atomic E-state index is 14.0. The first-order valence-corrected chi connectivity index (χ1v) is 7.24. The van der Waals surface area contributed by atoms with Gasteiger partial charge in [-0.1, -0.05) is 30.3 Å². The van der Waals surface area contributed by atoms with E-state index in [1.54, 1.807) is 45.0 Å². The quantitative estimate of drug-likeness (QED) is 0.806. The van der Waals surface area contributed by atoms with Crippen LogP contribution in [0.5, 0.6) is 0 Å². The maximum atomic E-state index is 14.0. The molecule has 1 aromatic rings. The highest BCUT2D eigenvalue weighted by atomic mass is 19.3. The Labute approximate surface area is 134 Å². The second-order valence-electron chi connectivity index (χ2n) is 6.12. The summed E-state index contributed by atoms with van der Waals surface area (Å²) in [4.78, 5) is 11.6. The molecule has 0 fully saturated rings. The van der Waals surface area contributed by atoms with E-state index in [1.165, 1.54) is 0 Å². The molecule has 0 aliphatic rings. The van der Waals surface area contributed by atoms with Gasteiger partial charge in [0.2, 0.25) is 0 Å². The summed E-state index contributed by atoms with van der Waals surface area (Å²) in [6.45, 7) is 3.00. The number of alkyl halides is 2. The lowest BCUT2D eigenvalue weighted by Crippen LogP contribution is -2.53. The molecule has 0 aliphatic carbocycles. The van der Waals surface area contributed by atoms with Crippen LogP contribution in [0.25, 0.3) is 0 Å². The van der Waals surface area contributed by atoms with Gasteiger partial charge in [0.15, 0.2) is 0 Å². The second-order valence-corrected chi connectivity index (χ2v) is 6.12. The summed E-state index contributed by atoms with van der Waals surface area (Å²) in [6, 6.07) is 7.08. The van der Waals surface area contributed by atoms with Gasteiger partial charge in [0.1, 0.15) is 18.2 Å². The molecule has 1 rings (SSSR count). The summed E-state index contributed by atoms with van der Waals surface area (Å²) in [7, 11) is 0. The summed E-state index contributed by atoms with van der Waals surface area (Å²) in [5.41, 5.74) is -0.0626. The molecule has 0 saturated carbocycles. The molecule has 0 aromatic heterocycles. The van der Waals surface area contributed by atoms with E-state index >= 15 is 0 Å². The lowest BCUT2D eigenvalue weighted by molar-refractivity contribution is -0.114. The molecule has 0 bridgehead atoms. The zero-order chi connectivity index (χ0) is 17.5. The highest BCUT2D eigenvalue weighted by Gasteiger charge is 2.41. The summed E-state index contributed by atoms with van der Waals surface area (Å²) in [5, 5.41) is 11.1. The third-order valence-electron chi connectivity index (χ3n) is 2.79. The second kappa shape index (κ2) is 8.21. The summed E-state index contributed by atoms with van der Waals surface area (Å²) in [6.07, 6.45) is -1.01. The van der Waals surface area contributed by atoms with Crippen LogP contribution in [0.15, 0.2) is 30.3 Å². The van der Waals surface area contributed by atoms with Gasteiger partial charge in [0.25, 0.3) is 5.92 Å². The number of hydrogen-bond acceptors (Lipinski definition) is 4. The van der Waals surface area contributed by atoms with E-state index in [1.807, 2.05) is 11.4 Å². The number of halogens is 2. The lowest BCUT2D eigenvalue weighted by Gasteiger charge is -2.27. The van der Waals surface area contributed by atoms with Gasteiger partial charge in [-0.05, 0) is 26.3 Å². The number of benzene rings is 1. The SMILES string of the molecule is CC(C)(C)OC(=O)N[C@H](CO)C(F)(F)COCc1ccccc1. The molecule has 1 atom stereocenters. The van der Waals surface area contributed by atoms with Crippen molar-refractivity contribution in [1.82, 2.24) is 5.32 Å². The van der Waals surface area contributed by atoms with Crippen molar-refractivity contribution in [2.24, 2.45) is 0 Å². The monoisotopic (exact) mass is 331 g/mol. The number of ether oxygens (including phenoxy) is 2. The van der Waals surface area contributed by atoms with Crippen molar-refractivity contribution < 1.29 is 28.2 Å². The molecule has 0 unspecified atom stereocenters. The molecular formula is C16H23F2NO4. The molecule has 0 aliphatic heterocycles. The average molecular weight is 331 g/mol. The number of aliphatic hydroxyl groups excluding tert-OH is 1. The number of alkyl carbamates (subject to hydrolysis) is 1. The van der Waals surface area contributed by atoms with E-state index in [4.69, 9.17) is 14.6 Å². The van der Waals surface area contributed by atoms with Crippen molar-refractivity contribution in [2.75, 3.05) is 13.2 Å². The summed E-state index contributed by atoms with van der Waals surface area (Å²) >= 11 is 0. The fourth-order valence-electron chi connectivity index (χ4n) is 1.71. The Hall–Kier alpha value is -1.73. The van der Waals surface area contributed by atoms with E-state index < -0.39 is 36.9 Å². The number of rotatable bonds is 7. The van der Waals surface area contributed by atoms with Crippen molar-refractivity contribution in [2.45, 2.75) is 44.9 Å². The lowest BCUT2D eigenvalue weighted by atomic mass is 10.1. The minimum absolute atomic E-state index is 0.0149. The standard InChI is InChI=1S/C16H23F2NO4/c1-15(2,3)23-14(21)19-13(9-20)16(17,18)11-22-10-12-7-5-4-6-8-12/h4-8,13,20H,9-11H2,1-3H3,(H,19,21)/t13-/m1/s1. The Morgan fingerprint density at radius 3 is 2.39 bits per heavy atom. The first kappa shape index (κ1) is 19.3. The largest absolute Gasteiger partial charge is 0.444 e. The number of aliphatic hydroxyl groups is 1. The van der Waals surface area contributed by atoms with Crippen LogP contribution in [0, 0.1) is 0 Å². The predicted molar refractivity (Wildman–Crippen MR) is 81.3 cm³/mol. The summed E-state index contributed by atoms with van der Waals surface area (Å²) in [5.74, 6) is -3.43. The Morgan fingerprint density at radius 2 is 1.87 bits per heavy atom. The van der Waals surface area contributed by atoms with Crippen molar-refractivity contribution in [1.29, 1.82) is 0 Å². The highest BCUT2D eigenvalue weighted by molar-refractivity contribution is 5.68. The highest BCUT2D eigenvalue weighted by Crippen LogP contribution is 2.20. The van der Waals surface area contributed by atoms with Gasteiger partial charge in [-0.25, -0.2) is 13.6 Å². The van der Waals surface area contributed by atoms with Crippen LogP contribution < -0.4 is 5.32 Å². The van der Waals surface area contributed by atoms with Gasteiger partial charge in [-0.3, -0.25) is 0 Å². The van der Waals surface area contributed by atoms with Crippen LogP contribution in [-0.2, 0) is 16.1 Å². The number of hydrogen-bond donors (Lipinski definition) is 2. The minimum Gasteiger partial charge on any atom is -0.444 e. The van der Waals surface area contributed by atoms with Crippen LogP contribution in [-0.4, -0.2) is 42.0 Å². The molecule has 130 valence electrons. The molecule has 5 nitrogen and oxygen atoms in total. The Kier molecular flexibility index (Phi) is 6.90. The first-order valence-electron chi connectivity index (χ1n) is 7.24. The number of nitrogens with one attached hydrogen (secondary N) is 1. The third-order valence-corrected chi connectivity index (χ3v) is 2.79. The van der Waals surface area contributed by atoms with Crippen LogP contribution in [0.1, 0.15) is 26.3 Å². The van der Waals surface area contributed by atoms with Crippen molar-refractivity contribution in [3.8, 4) is 0 Å². The van der Waals surface area contributed by atoms with Gasteiger partial charge in [-0.2, -0.15) is 0 Å². The Bertz CT molecular complexity index is 489. The maximum Gasteiger partial charge on any atom is 0.408 e. The van der Waals surface area contributed by atoms with Gasteiger partial charge in [0, 0.05) is 0 Å². The zero-order valence-corrected chi connectivity index (χ0v) is 13.5. The summed E-state index contributed by atoms with van der Waals surface area (Å²) < 4.78 is 38.0. The van der Waals surface area contributed by atoms with Crippen LogP contribution in [0.3, 0.4) is 0 Å². The number of amides is 1. The zero-order valence-electron chi connectivity index (χ0n) is 13.5. The molecule has 0 spiro atoms. The molecule has 1 aromatic carbocycles. The van der Waals surface area contributed by atoms with Crippen LogP contribution in [0.4, 0.5) is 13.6 Å². The molecule has 23 heavy (non-hydrogen) atoms. The first-order chi connectivity index (χ1) is 10.6. The van der Waals surface area contributed by atoms with E-state index in [9.17, 15) is 13.6 Å². The van der Waals surface area contributed by atoms with Gasteiger partial charge in [0.05, 0.1) is 13.2 Å². The number of carbonyl (C=O) groups excluding carboxylic acids is 1. The van der Waals surface area contributed by atoms with Gasteiger partial charge in [-0.15, -0.1) is 0 Å². The molecule has 7 heteroatoms. The molecular weight excluding hydrogens is 308 g/mol. The molecule has 0 radical (unpaired) electrons. The molecule has 1 amide bonds. The Balaban J connectivity index is 2.52. The molecule has 2 N–H and O–H groups in total. The van der Waals surface area contributed by atoms with Gasteiger partial charge >= 0.3 is 6.09 Å². The van der Waals surface area contributed by atoms with E-state index in [0.717, 1.165) is 5.56 Å². The van der Waals surface area contributed by atoms with Crippen molar-refractivity contribution >= 4 is 6.09 Å². The van der Waals surface area contributed by atoms with Gasteiger partial charge < -0.3 is 19.9 Å². The van der Waals surface area contributed by atoms with E-state index in [-0.39, 0.29) is 6.61 Å². The fourth-order valence-corrected chi connectivity index (χ4v) is 1.71. The third kappa shape index (κ3) is 7.38. The van der Waals surface area contributed by atoms with Crippen LogP contribution >= 0.6 is 0 Å². The Morgan fingerprint density at radius 1 is 1.26 bits per heavy atom. The average Bonchev–Trinajstić information content (AvgIpc) is 2.43. The molecule has 0 heterocycles. The molecule has 0 saturated heterocycles. The van der Waals surface area contributed by atoms with E-state index in [0.29, 0.717) is 0 Å². The fraction of sp³-hybridized carbons (Fsp3) is 0.562. The van der Waals surface area contributed by atoms with Crippen molar-refractivity contribution in [3.63, 3.8) is 0 Å². The predicted octanol–water partition coefficient (Wildman–Crippen LogP) is 2.72. The normalized spacial score (nSPS) is 13.5. The van der Waals surface area contributed by atoms with E-state index in [2.05, 4.69) is 0 Å².